The molecule has 0 aliphatic carbocycles. The Morgan fingerprint density at radius 1 is 0.917 bits per heavy atom. The molecule has 3 rings (SSSR count). The van der Waals surface area contributed by atoms with Crippen molar-refractivity contribution >= 4 is 16.7 Å². The second-order valence-electron chi connectivity index (χ2n) is 5.28. The number of fused-ring (bicyclic) bond motifs is 1. The van der Waals surface area contributed by atoms with Crippen LogP contribution in [0.1, 0.15) is 10.4 Å². The third-order valence-corrected chi connectivity index (χ3v) is 3.79. The fourth-order valence-electron chi connectivity index (χ4n) is 2.60. The van der Waals surface area contributed by atoms with E-state index in [2.05, 4.69) is 0 Å². The van der Waals surface area contributed by atoms with Crippen LogP contribution in [0, 0.1) is 0 Å². The normalized spacial score (nSPS) is 10.7. The summed E-state index contributed by atoms with van der Waals surface area (Å²) in [6.45, 7) is 0. The summed E-state index contributed by atoms with van der Waals surface area (Å²) in [6, 6.07) is 10.2. The molecule has 122 valence electrons. The van der Waals surface area contributed by atoms with Gasteiger partial charge in [0.15, 0.2) is 23.0 Å². The topological polar surface area (TPSA) is 107 Å². The molecule has 0 amide bonds. The number of aromatic carboxylic acids is 1. The molecule has 0 aromatic heterocycles. The van der Waals surface area contributed by atoms with E-state index in [1.165, 1.54) is 37.4 Å². The summed E-state index contributed by atoms with van der Waals surface area (Å²) in [5, 5.41) is 39.5. The molecule has 0 bridgehead atoms. The van der Waals surface area contributed by atoms with Crippen LogP contribution < -0.4 is 4.74 Å². The molecule has 0 radical (unpaired) electrons. The quantitative estimate of drug-likeness (QED) is 0.550. The van der Waals surface area contributed by atoms with Gasteiger partial charge in [0.2, 0.25) is 0 Å². The summed E-state index contributed by atoms with van der Waals surface area (Å²) in [4.78, 5) is 11.4. The number of carboxylic acids is 1. The number of hydrogen-bond acceptors (Lipinski definition) is 5. The number of methoxy groups -OCH3 is 1. The molecule has 0 saturated heterocycles. The minimum atomic E-state index is -1.11. The number of phenolic OH excluding ortho intramolecular Hbond substituents is 3. The average Bonchev–Trinajstić information content (AvgIpc) is 2.55. The number of phenols is 3. The van der Waals surface area contributed by atoms with E-state index in [0.717, 1.165) is 0 Å². The van der Waals surface area contributed by atoms with Crippen molar-refractivity contribution < 1.29 is 30.0 Å². The van der Waals surface area contributed by atoms with Gasteiger partial charge in [-0.05, 0) is 58.3 Å². The van der Waals surface area contributed by atoms with E-state index in [1.807, 2.05) is 0 Å². The van der Waals surface area contributed by atoms with Crippen LogP contribution in [0.3, 0.4) is 0 Å². The van der Waals surface area contributed by atoms with Gasteiger partial charge in [0.1, 0.15) is 0 Å². The van der Waals surface area contributed by atoms with Crippen molar-refractivity contribution in [2.24, 2.45) is 0 Å². The molecule has 0 heterocycles. The van der Waals surface area contributed by atoms with Gasteiger partial charge >= 0.3 is 5.97 Å². The molecular weight excluding hydrogens is 312 g/mol. The van der Waals surface area contributed by atoms with Gasteiger partial charge in [-0.25, -0.2) is 4.79 Å². The Balaban J connectivity index is 2.36. The lowest BCUT2D eigenvalue weighted by atomic mass is 9.95. The zero-order chi connectivity index (χ0) is 17.4. The van der Waals surface area contributed by atoms with Crippen molar-refractivity contribution in [1.29, 1.82) is 0 Å². The molecule has 24 heavy (non-hydrogen) atoms. The molecule has 3 aromatic rings. The van der Waals surface area contributed by atoms with Crippen molar-refractivity contribution in [3.8, 4) is 34.1 Å². The minimum absolute atomic E-state index is 0.0367. The van der Waals surface area contributed by atoms with E-state index >= 15 is 0 Å². The lowest BCUT2D eigenvalue weighted by Crippen LogP contribution is -1.97. The van der Waals surface area contributed by atoms with Crippen LogP contribution in [-0.4, -0.2) is 33.5 Å². The monoisotopic (exact) mass is 326 g/mol. The minimum Gasteiger partial charge on any atom is -0.504 e. The maximum atomic E-state index is 11.4. The Bertz CT molecular complexity index is 961. The molecule has 3 aromatic carbocycles. The second-order valence-corrected chi connectivity index (χ2v) is 5.28. The molecule has 0 atom stereocenters. The van der Waals surface area contributed by atoms with Crippen molar-refractivity contribution in [3.63, 3.8) is 0 Å². The number of carboxylic acid groups (broad SMARTS) is 1. The Morgan fingerprint density at radius 3 is 2.29 bits per heavy atom. The van der Waals surface area contributed by atoms with Crippen LogP contribution in [-0.2, 0) is 0 Å². The van der Waals surface area contributed by atoms with Gasteiger partial charge in [-0.3, -0.25) is 0 Å². The second kappa shape index (κ2) is 5.66. The zero-order valence-electron chi connectivity index (χ0n) is 12.6. The fourth-order valence-corrected chi connectivity index (χ4v) is 2.60. The van der Waals surface area contributed by atoms with Gasteiger partial charge in [-0.15, -0.1) is 0 Å². The van der Waals surface area contributed by atoms with E-state index in [9.17, 15) is 25.2 Å². The van der Waals surface area contributed by atoms with Crippen LogP contribution in [0.2, 0.25) is 0 Å². The Labute approximate surface area is 136 Å². The highest BCUT2D eigenvalue weighted by atomic mass is 16.5. The van der Waals surface area contributed by atoms with Gasteiger partial charge in [-0.1, -0.05) is 6.07 Å². The molecular formula is C18H14O6. The molecule has 0 aliphatic heterocycles. The smallest absolute Gasteiger partial charge is 0.335 e. The predicted molar refractivity (Wildman–Crippen MR) is 87.9 cm³/mol. The van der Waals surface area contributed by atoms with E-state index in [1.54, 1.807) is 12.1 Å². The highest BCUT2D eigenvalue weighted by Gasteiger charge is 2.14. The van der Waals surface area contributed by atoms with E-state index in [4.69, 9.17) is 4.74 Å². The predicted octanol–water partition coefficient (Wildman–Crippen LogP) is 3.33. The summed E-state index contributed by atoms with van der Waals surface area (Å²) in [6.07, 6.45) is 0. The van der Waals surface area contributed by atoms with E-state index in [0.29, 0.717) is 21.9 Å². The first-order valence-corrected chi connectivity index (χ1v) is 7.01. The summed E-state index contributed by atoms with van der Waals surface area (Å²) in [5.74, 6) is -1.56. The number of carbonyl (C=O) groups is 1. The standard InChI is InChI=1S/C18H14O6/c1-24-17-7-9(2-3-14(17)19)12-5-11(18(22)23)4-10-6-15(20)16(21)8-13(10)12/h2-8,19-21H,1H3,(H,22,23). The van der Waals surface area contributed by atoms with Crippen LogP contribution in [0.4, 0.5) is 0 Å². The molecule has 0 fully saturated rings. The fraction of sp³-hybridized carbons (Fsp3) is 0.0556. The Hall–Kier alpha value is -3.41. The van der Waals surface area contributed by atoms with Crippen LogP contribution >= 0.6 is 0 Å². The van der Waals surface area contributed by atoms with Crippen molar-refractivity contribution in [2.75, 3.05) is 7.11 Å². The van der Waals surface area contributed by atoms with Crippen molar-refractivity contribution in [1.82, 2.24) is 0 Å². The SMILES string of the molecule is COc1cc(-c2cc(C(=O)O)cc3cc(O)c(O)cc23)ccc1O. The number of rotatable bonds is 3. The van der Waals surface area contributed by atoms with Gasteiger partial charge in [0.25, 0.3) is 0 Å². The first kappa shape index (κ1) is 15.5. The van der Waals surface area contributed by atoms with E-state index in [-0.39, 0.29) is 28.6 Å². The lowest BCUT2D eigenvalue weighted by Gasteiger charge is -2.12. The Morgan fingerprint density at radius 2 is 1.62 bits per heavy atom. The summed E-state index contributed by atoms with van der Waals surface area (Å²) in [7, 11) is 1.41. The summed E-state index contributed by atoms with van der Waals surface area (Å²) >= 11 is 0. The first-order chi connectivity index (χ1) is 11.4. The molecule has 0 unspecified atom stereocenters. The number of benzene rings is 3. The molecule has 4 N–H and O–H groups in total. The molecule has 0 spiro atoms. The van der Waals surface area contributed by atoms with Gasteiger partial charge in [-0.2, -0.15) is 0 Å². The first-order valence-electron chi connectivity index (χ1n) is 7.01. The maximum Gasteiger partial charge on any atom is 0.335 e. The van der Waals surface area contributed by atoms with Gasteiger partial charge in [0.05, 0.1) is 12.7 Å². The molecule has 6 heteroatoms. The Kier molecular flexibility index (Phi) is 3.65. The largest absolute Gasteiger partial charge is 0.504 e. The van der Waals surface area contributed by atoms with Crippen LogP contribution in [0.5, 0.6) is 23.0 Å². The highest BCUT2D eigenvalue weighted by molar-refractivity contribution is 6.04. The summed E-state index contributed by atoms with van der Waals surface area (Å²) < 4.78 is 5.08. The van der Waals surface area contributed by atoms with Crippen molar-refractivity contribution in [2.45, 2.75) is 0 Å². The lowest BCUT2D eigenvalue weighted by molar-refractivity contribution is 0.0697. The maximum absolute atomic E-state index is 11.4. The average molecular weight is 326 g/mol. The highest BCUT2D eigenvalue weighted by Crippen LogP contribution is 2.39. The molecule has 0 saturated carbocycles. The van der Waals surface area contributed by atoms with Crippen LogP contribution in [0.15, 0.2) is 42.5 Å². The number of ether oxygens (including phenoxy) is 1. The van der Waals surface area contributed by atoms with Gasteiger partial charge < -0.3 is 25.2 Å². The van der Waals surface area contributed by atoms with E-state index < -0.39 is 5.97 Å². The zero-order valence-corrected chi connectivity index (χ0v) is 12.6. The summed E-state index contributed by atoms with van der Waals surface area (Å²) in [5.41, 5.74) is 1.16. The van der Waals surface area contributed by atoms with Gasteiger partial charge in [0, 0.05) is 0 Å². The third-order valence-electron chi connectivity index (χ3n) is 3.79. The molecule has 6 nitrogen and oxygen atoms in total. The number of hydrogen-bond donors (Lipinski definition) is 4. The number of aromatic hydroxyl groups is 3. The molecule has 0 aliphatic rings. The van der Waals surface area contributed by atoms with Crippen molar-refractivity contribution in [3.05, 3.63) is 48.0 Å². The van der Waals surface area contributed by atoms with Crippen LogP contribution in [0.25, 0.3) is 21.9 Å². The third kappa shape index (κ3) is 2.54.